The van der Waals surface area contributed by atoms with Crippen molar-refractivity contribution in [1.82, 2.24) is 9.55 Å². The van der Waals surface area contributed by atoms with Gasteiger partial charge in [-0.3, -0.25) is 0 Å². The minimum atomic E-state index is -3.12. The number of ether oxygens (including phenoxy) is 1. The monoisotopic (exact) mass is 289 g/mol. The minimum absolute atomic E-state index is 0.373. The molecular weight excluding hydrogens is 266 g/mol. The Balaban J connectivity index is 2.68. The van der Waals surface area contributed by atoms with Crippen molar-refractivity contribution in [3.8, 4) is 0 Å². The molecule has 0 aromatic carbocycles. The zero-order valence-corrected chi connectivity index (χ0v) is 12.8. The molecule has 1 heterocycles. The third-order valence-electron chi connectivity index (χ3n) is 3.08. The Hall–Kier alpha value is -1.08. The molecule has 7 heteroatoms. The second-order valence-corrected chi connectivity index (χ2v) is 7.83. The number of hydrogen-bond acceptors (Lipinski definition) is 5. The number of hydrogen-bond donors (Lipinski definition) is 1. The third kappa shape index (κ3) is 4.50. The Morgan fingerprint density at radius 2 is 2.16 bits per heavy atom. The highest BCUT2D eigenvalue weighted by Crippen LogP contribution is 2.20. The van der Waals surface area contributed by atoms with Crippen molar-refractivity contribution in [1.29, 1.82) is 0 Å². The summed E-state index contributed by atoms with van der Waals surface area (Å²) < 4.78 is 29.4. The van der Waals surface area contributed by atoms with Gasteiger partial charge < -0.3 is 14.6 Å². The van der Waals surface area contributed by atoms with E-state index in [4.69, 9.17) is 4.74 Å². The largest absolute Gasteiger partial charge is 0.385 e. The van der Waals surface area contributed by atoms with Gasteiger partial charge in [-0.25, -0.2) is 13.4 Å². The fraction of sp³-hybridized carbons (Fsp3) is 0.750. The molecule has 1 aromatic rings. The standard InChI is InChI=1S/C12H23N3O3S/c1-12(2,19(4,16)17)10-15-8-7-14-11(15)13-6-5-9-18-3/h7-8H,5-6,9-10H2,1-4H3,(H,13,14). The first-order valence-electron chi connectivity index (χ1n) is 6.21. The maximum atomic E-state index is 11.7. The van der Waals surface area contributed by atoms with Crippen LogP contribution < -0.4 is 5.32 Å². The van der Waals surface area contributed by atoms with E-state index in [1.165, 1.54) is 6.26 Å². The van der Waals surface area contributed by atoms with Crippen LogP contribution in [-0.4, -0.2) is 49.2 Å². The smallest absolute Gasteiger partial charge is 0.202 e. The summed E-state index contributed by atoms with van der Waals surface area (Å²) in [6.07, 6.45) is 5.58. The number of anilines is 1. The van der Waals surface area contributed by atoms with E-state index in [1.54, 1.807) is 33.4 Å². The van der Waals surface area contributed by atoms with Crippen molar-refractivity contribution in [2.24, 2.45) is 0 Å². The molecular formula is C12H23N3O3S. The maximum absolute atomic E-state index is 11.7. The number of aromatic nitrogens is 2. The zero-order valence-electron chi connectivity index (χ0n) is 12.0. The van der Waals surface area contributed by atoms with Gasteiger partial charge in [-0.15, -0.1) is 0 Å². The van der Waals surface area contributed by atoms with E-state index in [0.29, 0.717) is 19.1 Å². The molecule has 1 rings (SSSR count). The van der Waals surface area contributed by atoms with Crippen molar-refractivity contribution in [3.63, 3.8) is 0 Å². The van der Waals surface area contributed by atoms with Crippen LogP contribution in [-0.2, 0) is 21.1 Å². The lowest BCUT2D eigenvalue weighted by atomic mass is 10.2. The van der Waals surface area contributed by atoms with Crippen molar-refractivity contribution >= 4 is 15.8 Å². The molecule has 0 amide bonds. The van der Waals surface area contributed by atoms with Crippen molar-refractivity contribution in [2.45, 2.75) is 31.6 Å². The van der Waals surface area contributed by atoms with Gasteiger partial charge in [0.2, 0.25) is 5.95 Å². The van der Waals surface area contributed by atoms with E-state index in [0.717, 1.165) is 13.0 Å². The minimum Gasteiger partial charge on any atom is -0.385 e. The summed E-state index contributed by atoms with van der Waals surface area (Å²) in [6, 6.07) is 0. The van der Waals surface area contributed by atoms with Crippen LogP contribution in [0.15, 0.2) is 12.4 Å². The molecule has 0 atom stereocenters. The Labute approximate surface area is 115 Å². The summed E-state index contributed by atoms with van der Waals surface area (Å²) in [5.74, 6) is 0.688. The highest BCUT2D eigenvalue weighted by atomic mass is 32.2. The summed E-state index contributed by atoms with van der Waals surface area (Å²) in [7, 11) is -1.46. The number of nitrogens with zero attached hydrogens (tertiary/aromatic N) is 2. The lowest BCUT2D eigenvalue weighted by Gasteiger charge is -2.24. The molecule has 0 spiro atoms. The summed E-state index contributed by atoms with van der Waals surface area (Å²) in [5.41, 5.74) is 0. The van der Waals surface area contributed by atoms with Gasteiger partial charge in [-0.2, -0.15) is 0 Å². The molecule has 0 radical (unpaired) electrons. The maximum Gasteiger partial charge on any atom is 0.202 e. The highest BCUT2D eigenvalue weighted by Gasteiger charge is 2.31. The Morgan fingerprint density at radius 1 is 1.47 bits per heavy atom. The molecule has 0 aliphatic heterocycles. The van der Waals surface area contributed by atoms with Crippen LogP contribution in [0.2, 0.25) is 0 Å². The van der Waals surface area contributed by atoms with Gasteiger partial charge in [0, 0.05) is 45.5 Å². The number of imidazole rings is 1. The molecule has 1 aromatic heterocycles. The van der Waals surface area contributed by atoms with Crippen molar-refractivity contribution < 1.29 is 13.2 Å². The van der Waals surface area contributed by atoms with Gasteiger partial charge in [0.05, 0.1) is 4.75 Å². The molecule has 0 fully saturated rings. The van der Waals surface area contributed by atoms with Crippen LogP contribution in [0.1, 0.15) is 20.3 Å². The van der Waals surface area contributed by atoms with Crippen LogP contribution >= 0.6 is 0 Å². The topological polar surface area (TPSA) is 73.2 Å². The summed E-state index contributed by atoms with van der Waals surface area (Å²) in [4.78, 5) is 4.20. The summed E-state index contributed by atoms with van der Waals surface area (Å²) in [6.45, 7) is 5.24. The van der Waals surface area contributed by atoms with E-state index in [1.807, 2.05) is 4.57 Å². The van der Waals surface area contributed by atoms with Gasteiger partial charge in [-0.1, -0.05) is 0 Å². The predicted octanol–water partition coefficient (Wildman–Crippen LogP) is 1.15. The molecule has 0 bridgehead atoms. The van der Waals surface area contributed by atoms with Gasteiger partial charge in [-0.05, 0) is 20.3 Å². The summed E-state index contributed by atoms with van der Waals surface area (Å²) in [5, 5.41) is 3.18. The third-order valence-corrected chi connectivity index (χ3v) is 5.22. The normalized spacial score (nSPS) is 12.6. The van der Waals surface area contributed by atoms with Gasteiger partial charge >= 0.3 is 0 Å². The van der Waals surface area contributed by atoms with E-state index in [-0.39, 0.29) is 0 Å². The lowest BCUT2D eigenvalue weighted by Crippen LogP contribution is -2.36. The fourth-order valence-electron chi connectivity index (χ4n) is 1.55. The molecule has 19 heavy (non-hydrogen) atoms. The molecule has 0 saturated carbocycles. The first-order chi connectivity index (χ1) is 8.78. The first-order valence-corrected chi connectivity index (χ1v) is 8.10. The van der Waals surface area contributed by atoms with E-state index in [2.05, 4.69) is 10.3 Å². The van der Waals surface area contributed by atoms with Crippen LogP contribution in [0.5, 0.6) is 0 Å². The molecule has 0 unspecified atom stereocenters. The second kappa shape index (κ2) is 6.38. The number of methoxy groups -OCH3 is 1. The van der Waals surface area contributed by atoms with Crippen LogP contribution in [0.4, 0.5) is 5.95 Å². The van der Waals surface area contributed by atoms with Gasteiger partial charge in [0.25, 0.3) is 0 Å². The molecule has 1 N–H and O–H groups in total. The lowest BCUT2D eigenvalue weighted by molar-refractivity contribution is 0.197. The second-order valence-electron chi connectivity index (χ2n) is 5.18. The van der Waals surface area contributed by atoms with E-state index >= 15 is 0 Å². The average Bonchev–Trinajstić information content (AvgIpc) is 2.70. The first kappa shape index (κ1) is 16.0. The Bertz CT molecular complexity index is 494. The number of sulfone groups is 1. The van der Waals surface area contributed by atoms with E-state index in [9.17, 15) is 8.42 Å². The molecule has 0 saturated heterocycles. The van der Waals surface area contributed by atoms with Crippen molar-refractivity contribution in [3.05, 3.63) is 12.4 Å². The van der Waals surface area contributed by atoms with Crippen LogP contribution in [0.25, 0.3) is 0 Å². The Kier molecular flexibility index (Phi) is 5.37. The molecule has 6 nitrogen and oxygen atoms in total. The highest BCUT2D eigenvalue weighted by molar-refractivity contribution is 7.92. The van der Waals surface area contributed by atoms with Crippen LogP contribution in [0, 0.1) is 0 Å². The molecule has 0 aliphatic carbocycles. The van der Waals surface area contributed by atoms with Gasteiger partial charge in [0.15, 0.2) is 9.84 Å². The number of rotatable bonds is 8. The molecule has 0 aliphatic rings. The van der Waals surface area contributed by atoms with Crippen molar-refractivity contribution in [2.75, 3.05) is 31.8 Å². The average molecular weight is 289 g/mol. The predicted molar refractivity (Wildman–Crippen MR) is 76.1 cm³/mol. The summed E-state index contributed by atoms with van der Waals surface area (Å²) >= 11 is 0. The number of nitrogens with one attached hydrogen (secondary N) is 1. The fourth-order valence-corrected chi connectivity index (χ4v) is 1.92. The zero-order chi connectivity index (χ0) is 14.5. The Morgan fingerprint density at radius 3 is 2.74 bits per heavy atom. The van der Waals surface area contributed by atoms with Gasteiger partial charge in [0.1, 0.15) is 0 Å². The molecule has 110 valence electrons. The SMILES string of the molecule is COCCCNc1nccn1CC(C)(C)S(C)(=O)=O. The van der Waals surface area contributed by atoms with E-state index < -0.39 is 14.6 Å². The van der Waals surface area contributed by atoms with Crippen LogP contribution in [0.3, 0.4) is 0 Å². The quantitative estimate of drug-likeness (QED) is 0.727.